The summed E-state index contributed by atoms with van der Waals surface area (Å²) in [7, 11) is 0. The van der Waals surface area contributed by atoms with Crippen LogP contribution in [0, 0.1) is 13.8 Å². The molecule has 0 unspecified atom stereocenters. The monoisotopic (exact) mass is 370 g/mol. The van der Waals surface area contributed by atoms with E-state index >= 15 is 0 Å². The van der Waals surface area contributed by atoms with Crippen LogP contribution in [0.4, 0.5) is 0 Å². The van der Waals surface area contributed by atoms with Gasteiger partial charge in [-0.1, -0.05) is 23.4 Å². The number of carbonyl (C=O) groups excluding carboxylic acids is 1. The van der Waals surface area contributed by atoms with E-state index in [1.54, 1.807) is 6.07 Å². The molecule has 2 aromatic heterocycles. The van der Waals surface area contributed by atoms with Gasteiger partial charge in [0.1, 0.15) is 17.4 Å². The number of rotatable bonds is 5. The van der Waals surface area contributed by atoms with Gasteiger partial charge in [-0.25, -0.2) is 0 Å². The zero-order chi connectivity index (χ0) is 18.8. The fraction of sp³-hybridized carbons (Fsp3) is 0.400. The lowest BCUT2D eigenvalue weighted by atomic mass is 10.1. The number of nitrogens with one attached hydrogen (secondary N) is 1. The Balaban J connectivity index is 1.43. The quantitative estimate of drug-likeness (QED) is 0.742. The maximum Gasteiger partial charge on any atom is 0.287 e. The summed E-state index contributed by atoms with van der Waals surface area (Å²) >= 11 is 0. The lowest BCUT2D eigenvalue weighted by Gasteiger charge is -2.31. The van der Waals surface area contributed by atoms with Crippen LogP contribution >= 0.6 is 0 Å². The Morgan fingerprint density at radius 2 is 2.19 bits per heavy atom. The zero-order valence-electron chi connectivity index (χ0n) is 15.4. The average molecular weight is 370 g/mol. The molecule has 1 saturated heterocycles. The summed E-state index contributed by atoms with van der Waals surface area (Å²) in [6.45, 7) is 5.11. The molecule has 27 heavy (non-hydrogen) atoms. The van der Waals surface area contributed by atoms with E-state index < -0.39 is 0 Å². The Morgan fingerprint density at radius 3 is 2.96 bits per heavy atom. The summed E-state index contributed by atoms with van der Waals surface area (Å²) in [5, 5.41) is 7.87. The first kappa shape index (κ1) is 17.8. The first-order valence-corrected chi connectivity index (χ1v) is 9.02. The van der Waals surface area contributed by atoms with Gasteiger partial charge in [-0.15, -0.1) is 0 Å². The number of nitrogens with zero attached hydrogens (tertiary/aromatic N) is 1. The van der Waals surface area contributed by atoms with Crippen LogP contribution in [-0.2, 0) is 16.1 Å². The number of hydrogen-bond acceptors (Lipinski definition) is 6. The maximum absolute atomic E-state index is 12.6. The van der Waals surface area contributed by atoms with Crippen molar-refractivity contribution in [3.05, 3.63) is 53.1 Å². The van der Waals surface area contributed by atoms with Gasteiger partial charge < -0.3 is 23.7 Å². The van der Waals surface area contributed by atoms with Crippen molar-refractivity contribution in [2.45, 2.75) is 39.0 Å². The van der Waals surface area contributed by atoms with Gasteiger partial charge in [0.05, 0.1) is 24.9 Å². The molecular weight excluding hydrogens is 348 g/mol. The second-order valence-electron chi connectivity index (χ2n) is 6.74. The topological polar surface area (TPSA) is 86.7 Å². The maximum atomic E-state index is 12.6. The van der Waals surface area contributed by atoms with Crippen molar-refractivity contribution < 1.29 is 23.2 Å². The second kappa shape index (κ2) is 7.54. The zero-order valence-corrected chi connectivity index (χ0v) is 15.4. The molecule has 0 bridgehead atoms. The average Bonchev–Trinajstić information content (AvgIpc) is 3.25. The van der Waals surface area contributed by atoms with Crippen molar-refractivity contribution in [3.8, 4) is 0 Å². The Bertz CT molecular complexity index is 892. The third-order valence-electron chi connectivity index (χ3n) is 4.89. The summed E-state index contributed by atoms with van der Waals surface area (Å²) < 4.78 is 22.4. The molecule has 0 radical (unpaired) electrons. The van der Waals surface area contributed by atoms with Gasteiger partial charge in [0, 0.05) is 17.6 Å². The third kappa shape index (κ3) is 3.74. The summed E-state index contributed by atoms with van der Waals surface area (Å²) in [5.41, 5.74) is 2.44. The van der Waals surface area contributed by atoms with E-state index in [2.05, 4.69) is 10.5 Å². The van der Waals surface area contributed by atoms with E-state index in [4.69, 9.17) is 18.4 Å². The number of ether oxygens (including phenoxy) is 2. The second-order valence-corrected chi connectivity index (χ2v) is 6.74. The summed E-state index contributed by atoms with van der Waals surface area (Å²) in [4.78, 5) is 12.6. The minimum absolute atomic E-state index is 0.153. The number of hydrogen-bond donors (Lipinski definition) is 1. The van der Waals surface area contributed by atoms with Crippen molar-refractivity contribution in [1.29, 1.82) is 0 Å². The van der Waals surface area contributed by atoms with E-state index in [9.17, 15) is 4.79 Å². The molecule has 0 saturated carbocycles. The van der Waals surface area contributed by atoms with Gasteiger partial charge in [-0.05, 0) is 32.4 Å². The fourth-order valence-corrected chi connectivity index (χ4v) is 3.27. The summed E-state index contributed by atoms with van der Waals surface area (Å²) in [6.07, 6.45) is 0.430. The van der Waals surface area contributed by atoms with Crippen LogP contribution < -0.4 is 5.32 Å². The molecule has 3 aromatic rings. The Labute approximate surface area is 156 Å². The number of aryl methyl sites for hydroxylation is 2. The highest BCUT2D eigenvalue weighted by molar-refractivity contribution is 5.96. The molecule has 0 spiro atoms. The highest BCUT2D eigenvalue weighted by Gasteiger charge is 2.29. The molecule has 2 atom stereocenters. The summed E-state index contributed by atoms with van der Waals surface area (Å²) in [5.74, 6) is 0.795. The molecule has 4 rings (SSSR count). The molecule has 7 heteroatoms. The van der Waals surface area contributed by atoms with Crippen molar-refractivity contribution in [3.63, 3.8) is 0 Å². The molecule has 7 nitrogen and oxygen atoms in total. The minimum atomic E-state index is -0.249. The molecule has 0 aliphatic carbocycles. The standard InChI is InChI=1S/C20H22N2O5/c1-12-15(13(2)27-22-12)10-25-19-11-24-8-7-16(19)21-20(23)18-9-14-5-3-4-6-17(14)26-18/h3-6,9,16,19H,7-8,10-11H2,1-2H3,(H,21,23)/t16-,19-/m1/s1. The van der Waals surface area contributed by atoms with E-state index in [-0.39, 0.29) is 18.1 Å². The van der Waals surface area contributed by atoms with Crippen LogP contribution in [0.25, 0.3) is 11.0 Å². The molecule has 1 N–H and O–H groups in total. The van der Waals surface area contributed by atoms with Crippen molar-refractivity contribution in [1.82, 2.24) is 10.5 Å². The van der Waals surface area contributed by atoms with E-state index in [0.29, 0.717) is 37.6 Å². The number of aromatic nitrogens is 1. The normalized spacial score (nSPS) is 20.1. The predicted molar refractivity (Wildman–Crippen MR) is 97.5 cm³/mol. The third-order valence-corrected chi connectivity index (χ3v) is 4.89. The van der Waals surface area contributed by atoms with Crippen LogP contribution in [0.5, 0.6) is 0 Å². The Hall–Kier alpha value is -2.64. The molecule has 1 aliphatic rings. The van der Waals surface area contributed by atoms with Crippen LogP contribution in [0.2, 0.25) is 0 Å². The van der Waals surface area contributed by atoms with Crippen molar-refractivity contribution in [2.75, 3.05) is 13.2 Å². The SMILES string of the molecule is Cc1noc(C)c1CO[C@@H]1COCC[C@H]1NC(=O)c1cc2ccccc2o1. The highest BCUT2D eigenvalue weighted by atomic mass is 16.5. The number of para-hydroxylation sites is 1. The smallest absolute Gasteiger partial charge is 0.287 e. The van der Waals surface area contributed by atoms with Crippen LogP contribution in [0.15, 0.2) is 39.3 Å². The molecule has 1 aromatic carbocycles. The first-order valence-electron chi connectivity index (χ1n) is 9.02. The van der Waals surface area contributed by atoms with Gasteiger partial charge in [-0.3, -0.25) is 4.79 Å². The highest BCUT2D eigenvalue weighted by Crippen LogP contribution is 2.21. The molecule has 1 aliphatic heterocycles. The molecule has 3 heterocycles. The lowest BCUT2D eigenvalue weighted by Crippen LogP contribution is -2.49. The lowest BCUT2D eigenvalue weighted by molar-refractivity contribution is -0.0740. The van der Waals surface area contributed by atoms with Gasteiger partial charge in [0.25, 0.3) is 5.91 Å². The number of furan rings is 1. The largest absolute Gasteiger partial charge is 0.451 e. The van der Waals surface area contributed by atoms with Crippen molar-refractivity contribution in [2.24, 2.45) is 0 Å². The van der Waals surface area contributed by atoms with E-state index in [1.807, 2.05) is 38.1 Å². The number of carbonyl (C=O) groups is 1. The van der Waals surface area contributed by atoms with Crippen molar-refractivity contribution >= 4 is 16.9 Å². The number of fused-ring (bicyclic) bond motifs is 1. The minimum Gasteiger partial charge on any atom is -0.451 e. The van der Waals surface area contributed by atoms with Gasteiger partial charge in [-0.2, -0.15) is 0 Å². The predicted octanol–water partition coefficient (Wildman–Crippen LogP) is 3.14. The molecular formula is C20H22N2O5. The van der Waals surface area contributed by atoms with Crippen LogP contribution in [-0.4, -0.2) is 36.4 Å². The summed E-state index contributed by atoms with van der Waals surface area (Å²) in [6, 6.07) is 9.15. The van der Waals surface area contributed by atoms with E-state index in [0.717, 1.165) is 22.4 Å². The van der Waals surface area contributed by atoms with Gasteiger partial charge in [0.2, 0.25) is 0 Å². The number of benzene rings is 1. The molecule has 142 valence electrons. The van der Waals surface area contributed by atoms with Gasteiger partial charge >= 0.3 is 0 Å². The van der Waals surface area contributed by atoms with Gasteiger partial charge in [0.15, 0.2) is 5.76 Å². The first-order chi connectivity index (χ1) is 13.1. The Morgan fingerprint density at radius 1 is 1.33 bits per heavy atom. The molecule has 1 fully saturated rings. The Kier molecular flexibility index (Phi) is 4.96. The van der Waals surface area contributed by atoms with E-state index in [1.165, 1.54) is 0 Å². The van der Waals surface area contributed by atoms with Crippen LogP contribution in [0.3, 0.4) is 0 Å². The number of amides is 1. The van der Waals surface area contributed by atoms with Crippen LogP contribution in [0.1, 0.15) is 34.0 Å². The fourth-order valence-electron chi connectivity index (χ4n) is 3.27. The molecule has 1 amide bonds.